The maximum absolute atomic E-state index is 12.4. The molecule has 0 aliphatic rings. The quantitative estimate of drug-likeness (QED) is 0.572. The molecule has 1 heterocycles. The lowest BCUT2D eigenvalue weighted by Crippen LogP contribution is -2.15. The molecular weight excluding hydrogens is 334 g/mol. The second-order valence-electron chi connectivity index (χ2n) is 6.16. The smallest absolute Gasteiger partial charge is 0.236 e. The maximum atomic E-state index is 12.4. The fraction of sp³-hybridized carbons (Fsp3) is 0.100. The Morgan fingerprint density at radius 3 is 2.40 bits per heavy atom. The van der Waals surface area contributed by atoms with Crippen LogP contribution in [0.1, 0.15) is 11.1 Å². The summed E-state index contributed by atoms with van der Waals surface area (Å²) >= 11 is 0. The molecule has 0 unspecified atom stereocenters. The van der Waals surface area contributed by atoms with Gasteiger partial charge in [-0.2, -0.15) is 0 Å². The highest BCUT2D eigenvalue weighted by molar-refractivity contribution is 7.91. The Hall–Kier alpha value is -2.79. The van der Waals surface area contributed by atoms with Gasteiger partial charge in [0.1, 0.15) is 11.2 Å². The van der Waals surface area contributed by atoms with E-state index < -0.39 is 10.0 Å². The number of fused-ring (bicyclic) bond motifs is 3. The number of hydrogen-bond acceptors (Lipinski definition) is 3. The zero-order chi connectivity index (χ0) is 17.4. The van der Waals surface area contributed by atoms with Crippen LogP contribution in [0.5, 0.6) is 0 Å². The van der Waals surface area contributed by atoms with E-state index in [1.54, 1.807) is 12.1 Å². The van der Waals surface area contributed by atoms with Crippen LogP contribution < -0.4 is 4.72 Å². The van der Waals surface area contributed by atoms with E-state index in [1.165, 1.54) is 0 Å². The molecule has 4 aromatic rings. The molecule has 0 bridgehead atoms. The molecule has 0 spiro atoms. The number of para-hydroxylation sites is 1. The van der Waals surface area contributed by atoms with Crippen LogP contribution in [-0.4, -0.2) is 8.42 Å². The number of hydrogen-bond donors (Lipinski definition) is 1. The van der Waals surface area contributed by atoms with Gasteiger partial charge in [-0.1, -0.05) is 48.0 Å². The molecule has 1 N–H and O–H groups in total. The molecule has 0 saturated heterocycles. The summed E-state index contributed by atoms with van der Waals surface area (Å²) in [5, 5.41) is 1.99. The Morgan fingerprint density at radius 1 is 0.880 bits per heavy atom. The molecule has 4 nitrogen and oxygen atoms in total. The lowest BCUT2D eigenvalue weighted by atomic mass is 10.1. The minimum absolute atomic E-state index is 0.0640. The number of aryl methyl sites for hydroxylation is 1. The van der Waals surface area contributed by atoms with Gasteiger partial charge < -0.3 is 4.42 Å². The Kier molecular flexibility index (Phi) is 3.73. The van der Waals surface area contributed by atoms with E-state index in [0.717, 1.165) is 27.5 Å². The highest BCUT2D eigenvalue weighted by Gasteiger charge is 2.13. The van der Waals surface area contributed by atoms with Gasteiger partial charge in [0.2, 0.25) is 10.0 Å². The third-order valence-electron chi connectivity index (χ3n) is 4.13. The van der Waals surface area contributed by atoms with Crippen molar-refractivity contribution in [2.24, 2.45) is 0 Å². The molecule has 5 heteroatoms. The Morgan fingerprint density at radius 2 is 1.60 bits per heavy atom. The van der Waals surface area contributed by atoms with E-state index in [9.17, 15) is 8.42 Å². The SMILES string of the molecule is Cc1ccc(CS(=O)(=O)Nc2ccc3c(c2)oc2ccccc23)cc1. The van der Waals surface area contributed by atoms with Crippen molar-refractivity contribution in [2.45, 2.75) is 12.7 Å². The fourth-order valence-electron chi connectivity index (χ4n) is 2.91. The van der Waals surface area contributed by atoms with E-state index >= 15 is 0 Å². The van der Waals surface area contributed by atoms with Crippen LogP contribution >= 0.6 is 0 Å². The van der Waals surface area contributed by atoms with Crippen molar-refractivity contribution in [1.29, 1.82) is 0 Å². The van der Waals surface area contributed by atoms with Crippen molar-refractivity contribution in [1.82, 2.24) is 0 Å². The largest absolute Gasteiger partial charge is 0.456 e. The number of anilines is 1. The predicted molar refractivity (Wildman–Crippen MR) is 101 cm³/mol. The van der Waals surface area contributed by atoms with Crippen LogP contribution in [0.3, 0.4) is 0 Å². The molecule has 25 heavy (non-hydrogen) atoms. The minimum Gasteiger partial charge on any atom is -0.456 e. The number of rotatable bonds is 4. The van der Waals surface area contributed by atoms with Crippen molar-refractivity contribution >= 4 is 37.6 Å². The number of sulfonamides is 1. The number of benzene rings is 3. The lowest BCUT2D eigenvalue weighted by molar-refractivity contribution is 0.600. The molecule has 1 aromatic heterocycles. The minimum atomic E-state index is -3.49. The van der Waals surface area contributed by atoms with Crippen LogP contribution in [-0.2, 0) is 15.8 Å². The molecule has 0 saturated carbocycles. The summed E-state index contributed by atoms with van der Waals surface area (Å²) in [6.45, 7) is 1.97. The van der Waals surface area contributed by atoms with Gasteiger partial charge in [-0.05, 0) is 30.7 Å². The highest BCUT2D eigenvalue weighted by Crippen LogP contribution is 2.30. The highest BCUT2D eigenvalue weighted by atomic mass is 32.2. The summed E-state index contributed by atoms with van der Waals surface area (Å²) in [5.74, 6) is -0.0640. The van der Waals surface area contributed by atoms with Crippen LogP contribution in [0.25, 0.3) is 21.9 Å². The van der Waals surface area contributed by atoms with Crippen LogP contribution in [0.4, 0.5) is 5.69 Å². The zero-order valence-corrected chi connectivity index (χ0v) is 14.5. The first-order valence-electron chi connectivity index (χ1n) is 7.97. The van der Waals surface area contributed by atoms with Gasteiger partial charge in [-0.25, -0.2) is 8.42 Å². The summed E-state index contributed by atoms with van der Waals surface area (Å²) < 4.78 is 33.3. The third kappa shape index (κ3) is 3.23. The summed E-state index contributed by atoms with van der Waals surface area (Å²) in [7, 11) is -3.49. The normalized spacial score (nSPS) is 11.9. The van der Waals surface area contributed by atoms with Crippen molar-refractivity contribution in [3.8, 4) is 0 Å². The van der Waals surface area contributed by atoms with Crippen molar-refractivity contribution in [3.05, 3.63) is 77.9 Å². The Balaban J connectivity index is 1.63. The first kappa shape index (κ1) is 15.7. The second-order valence-corrected chi connectivity index (χ2v) is 7.88. The summed E-state index contributed by atoms with van der Waals surface area (Å²) in [4.78, 5) is 0. The summed E-state index contributed by atoms with van der Waals surface area (Å²) in [5.41, 5.74) is 3.81. The number of furan rings is 1. The lowest BCUT2D eigenvalue weighted by Gasteiger charge is -2.08. The van der Waals surface area contributed by atoms with Gasteiger partial charge in [-0.3, -0.25) is 4.72 Å². The molecule has 0 atom stereocenters. The van der Waals surface area contributed by atoms with E-state index in [4.69, 9.17) is 4.42 Å². The van der Waals surface area contributed by atoms with E-state index in [1.807, 2.05) is 61.5 Å². The zero-order valence-electron chi connectivity index (χ0n) is 13.7. The van der Waals surface area contributed by atoms with Gasteiger partial charge in [-0.15, -0.1) is 0 Å². The van der Waals surface area contributed by atoms with E-state index in [-0.39, 0.29) is 5.75 Å². The topological polar surface area (TPSA) is 59.3 Å². The van der Waals surface area contributed by atoms with Crippen molar-refractivity contribution < 1.29 is 12.8 Å². The monoisotopic (exact) mass is 351 g/mol. The number of nitrogens with one attached hydrogen (secondary N) is 1. The second kappa shape index (κ2) is 5.93. The molecule has 0 radical (unpaired) electrons. The summed E-state index contributed by atoms with van der Waals surface area (Å²) in [6, 6.07) is 20.6. The predicted octanol–water partition coefficient (Wildman–Crippen LogP) is 4.84. The molecule has 0 aliphatic carbocycles. The Labute approximate surface area is 146 Å². The van der Waals surface area contributed by atoms with Crippen LogP contribution in [0, 0.1) is 6.92 Å². The molecule has 3 aromatic carbocycles. The first-order chi connectivity index (χ1) is 12.0. The van der Waals surface area contributed by atoms with Gasteiger partial charge in [0.25, 0.3) is 0 Å². The van der Waals surface area contributed by atoms with Gasteiger partial charge in [0, 0.05) is 16.8 Å². The maximum Gasteiger partial charge on any atom is 0.236 e. The Bertz CT molecular complexity index is 1160. The molecule has 0 fully saturated rings. The van der Waals surface area contributed by atoms with E-state index in [0.29, 0.717) is 11.3 Å². The summed E-state index contributed by atoms with van der Waals surface area (Å²) in [6.07, 6.45) is 0. The third-order valence-corrected chi connectivity index (χ3v) is 5.39. The standard InChI is InChI=1S/C20H17NO3S/c1-14-6-8-15(9-7-14)13-25(22,23)21-16-10-11-18-17-4-2-3-5-19(17)24-20(18)12-16/h2-12,21H,13H2,1H3. The fourth-order valence-corrected chi connectivity index (χ4v) is 4.10. The van der Waals surface area contributed by atoms with Gasteiger partial charge >= 0.3 is 0 Å². The first-order valence-corrected chi connectivity index (χ1v) is 9.63. The average molecular weight is 351 g/mol. The van der Waals surface area contributed by atoms with Crippen molar-refractivity contribution in [2.75, 3.05) is 4.72 Å². The molecule has 126 valence electrons. The molecule has 0 aliphatic heterocycles. The van der Waals surface area contributed by atoms with Crippen LogP contribution in [0.2, 0.25) is 0 Å². The average Bonchev–Trinajstić information content (AvgIpc) is 2.94. The molecule has 4 rings (SSSR count). The molecular formula is C20H17NO3S. The van der Waals surface area contributed by atoms with E-state index in [2.05, 4.69) is 4.72 Å². The van der Waals surface area contributed by atoms with Crippen LogP contribution in [0.15, 0.2) is 71.1 Å². The molecule has 0 amide bonds. The van der Waals surface area contributed by atoms with Gasteiger partial charge in [0.05, 0.1) is 11.4 Å². The van der Waals surface area contributed by atoms with Crippen molar-refractivity contribution in [3.63, 3.8) is 0 Å². The van der Waals surface area contributed by atoms with Gasteiger partial charge in [0.15, 0.2) is 0 Å².